The third-order valence-corrected chi connectivity index (χ3v) is 7.23. The van der Waals surface area contributed by atoms with E-state index in [1.165, 1.54) is 54.7 Å². The van der Waals surface area contributed by atoms with Gasteiger partial charge in [0.1, 0.15) is 0 Å². The summed E-state index contributed by atoms with van der Waals surface area (Å²) in [6.07, 6.45) is 1.49. The SMILES string of the molecule is COC(=O)c1ccc(C2C(C(=O)c3ccco3)=C(O)C(=O)N2C2CCS(=O)(=O)C2)cc1. The number of aliphatic hydroxyl groups excluding tert-OH is 1. The van der Waals surface area contributed by atoms with Gasteiger partial charge in [-0.2, -0.15) is 0 Å². The highest BCUT2D eigenvalue weighted by atomic mass is 32.2. The fraction of sp³-hybridized carbons (Fsp3) is 0.286. The van der Waals surface area contributed by atoms with Gasteiger partial charge < -0.3 is 19.2 Å². The van der Waals surface area contributed by atoms with Gasteiger partial charge >= 0.3 is 5.97 Å². The Kier molecular flexibility index (Phi) is 5.18. The molecule has 0 bridgehead atoms. The van der Waals surface area contributed by atoms with Gasteiger partial charge in [0.2, 0.25) is 5.78 Å². The van der Waals surface area contributed by atoms with Crippen molar-refractivity contribution in [3.63, 3.8) is 0 Å². The van der Waals surface area contributed by atoms with E-state index in [2.05, 4.69) is 4.74 Å². The Hall–Kier alpha value is -3.40. The van der Waals surface area contributed by atoms with Crippen molar-refractivity contribution in [2.24, 2.45) is 0 Å². The molecule has 4 rings (SSSR count). The van der Waals surface area contributed by atoms with E-state index in [-0.39, 0.29) is 34.8 Å². The number of hydrogen-bond acceptors (Lipinski definition) is 8. The van der Waals surface area contributed by atoms with Crippen LogP contribution in [-0.4, -0.2) is 60.7 Å². The number of furan rings is 1. The molecule has 1 aromatic carbocycles. The summed E-state index contributed by atoms with van der Waals surface area (Å²) in [4.78, 5) is 39.0. The van der Waals surface area contributed by atoms with Crippen LogP contribution in [0.2, 0.25) is 0 Å². The van der Waals surface area contributed by atoms with E-state index in [1.54, 1.807) is 0 Å². The molecule has 2 aliphatic heterocycles. The molecule has 31 heavy (non-hydrogen) atoms. The number of Topliss-reactive ketones (excluding diaryl/α,β-unsaturated/α-hetero) is 1. The minimum Gasteiger partial charge on any atom is -0.503 e. The lowest BCUT2D eigenvalue weighted by atomic mass is 9.93. The molecular weight excluding hydrogens is 426 g/mol. The number of hydrogen-bond donors (Lipinski definition) is 1. The van der Waals surface area contributed by atoms with E-state index >= 15 is 0 Å². The molecule has 2 atom stereocenters. The molecule has 1 amide bonds. The number of benzene rings is 1. The molecule has 1 saturated heterocycles. The summed E-state index contributed by atoms with van der Waals surface area (Å²) >= 11 is 0. The zero-order valence-corrected chi connectivity index (χ0v) is 17.3. The van der Waals surface area contributed by atoms with Gasteiger partial charge in [-0.15, -0.1) is 0 Å². The molecule has 3 heterocycles. The molecule has 0 saturated carbocycles. The normalized spacial score (nSPS) is 22.7. The number of ketones is 1. The van der Waals surface area contributed by atoms with Crippen molar-refractivity contribution in [2.75, 3.05) is 18.6 Å². The second kappa shape index (κ2) is 7.69. The molecule has 2 aromatic rings. The van der Waals surface area contributed by atoms with Crippen LogP contribution in [0.3, 0.4) is 0 Å². The van der Waals surface area contributed by atoms with E-state index in [4.69, 9.17) is 4.42 Å². The zero-order chi connectivity index (χ0) is 22.3. The number of methoxy groups -OCH3 is 1. The van der Waals surface area contributed by atoms with Crippen molar-refractivity contribution in [1.29, 1.82) is 0 Å². The van der Waals surface area contributed by atoms with Crippen molar-refractivity contribution in [3.05, 3.63) is 70.9 Å². The van der Waals surface area contributed by atoms with Gasteiger partial charge in [-0.05, 0) is 36.2 Å². The number of amides is 1. The molecular formula is C21H19NO8S. The molecule has 0 spiro atoms. The number of rotatable bonds is 5. The van der Waals surface area contributed by atoms with Gasteiger partial charge in [-0.3, -0.25) is 9.59 Å². The van der Waals surface area contributed by atoms with Crippen LogP contribution >= 0.6 is 0 Å². The molecule has 10 heteroatoms. The van der Waals surface area contributed by atoms with Gasteiger partial charge in [0.15, 0.2) is 21.4 Å². The minimum atomic E-state index is -3.34. The summed E-state index contributed by atoms with van der Waals surface area (Å²) in [6, 6.07) is 7.19. The lowest BCUT2D eigenvalue weighted by Gasteiger charge is -2.31. The van der Waals surface area contributed by atoms with Crippen LogP contribution < -0.4 is 0 Å². The van der Waals surface area contributed by atoms with Crippen LogP contribution in [0.1, 0.15) is 38.9 Å². The number of carbonyl (C=O) groups excluding carboxylic acids is 3. The maximum absolute atomic E-state index is 13.1. The summed E-state index contributed by atoms with van der Waals surface area (Å²) in [5, 5.41) is 10.6. The molecule has 162 valence electrons. The zero-order valence-electron chi connectivity index (χ0n) is 16.5. The molecule has 0 radical (unpaired) electrons. The largest absolute Gasteiger partial charge is 0.503 e. The van der Waals surface area contributed by atoms with Crippen molar-refractivity contribution in [3.8, 4) is 0 Å². The summed E-state index contributed by atoms with van der Waals surface area (Å²) < 4.78 is 33.9. The summed E-state index contributed by atoms with van der Waals surface area (Å²) in [5.41, 5.74) is 0.497. The van der Waals surface area contributed by atoms with Crippen molar-refractivity contribution in [1.82, 2.24) is 4.90 Å². The number of carbonyl (C=O) groups is 3. The van der Waals surface area contributed by atoms with Crippen LogP contribution in [0.5, 0.6) is 0 Å². The van der Waals surface area contributed by atoms with E-state index < -0.39 is 45.3 Å². The Bertz CT molecular complexity index is 1180. The quantitative estimate of drug-likeness (QED) is 0.545. The maximum atomic E-state index is 13.1. The molecule has 2 unspecified atom stereocenters. The first kappa shape index (κ1) is 20.9. The summed E-state index contributed by atoms with van der Waals surface area (Å²) in [5.74, 6) is -3.21. The number of nitrogens with zero attached hydrogens (tertiary/aromatic N) is 1. The van der Waals surface area contributed by atoms with Crippen molar-refractivity contribution in [2.45, 2.75) is 18.5 Å². The van der Waals surface area contributed by atoms with Gasteiger partial charge in [0.25, 0.3) is 5.91 Å². The van der Waals surface area contributed by atoms with Crippen LogP contribution in [0.4, 0.5) is 0 Å². The molecule has 9 nitrogen and oxygen atoms in total. The second-order valence-electron chi connectivity index (χ2n) is 7.35. The van der Waals surface area contributed by atoms with E-state index in [9.17, 15) is 27.9 Å². The first-order valence-corrected chi connectivity index (χ1v) is 11.3. The average Bonchev–Trinajstić information content (AvgIpc) is 3.47. The lowest BCUT2D eigenvalue weighted by molar-refractivity contribution is -0.131. The van der Waals surface area contributed by atoms with Gasteiger partial charge in [0.05, 0.1) is 42.1 Å². The number of sulfone groups is 1. The molecule has 1 fully saturated rings. The Morgan fingerprint density at radius 1 is 1.19 bits per heavy atom. The van der Waals surface area contributed by atoms with E-state index in [0.717, 1.165) is 0 Å². The second-order valence-corrected chi connectivity index (χ2v) is 9.58. The molecule has 0 aliphatic carbocycles. The summed E-state index contributed by atoms with van der Waals surface area (Å²) in [6.45, 7) is 0. The Balaban J connectivity index is 1.80. The Morgan fingerprint density at radius 2 is 1.90 bits per heavy atom. The molecule has 1 N–H and O–H groups in total. The monoisotopic (exact) mass is 445 g/mol. The molecule has 1 aromatic heterocycles. The minimum absolute atomic E-state index is 0.0635. The van der Waals surface area contributed by atoms with Crippen LogP contribution in [0.25, 0.3) is 0 Å². The first-order valence-electron chi connectivity index (χ1n) is 9.46. The highest BCUT2D eigenvalue weighted by Gasteiger charge is 2.49. The predicted octanol–water partition coefficient (Wildman–Crippen LogP) is 1.83. The van der Waals surface area contributed by atoms with Gasteiger partial charge in [-0.1, -0.05) is 12.1 Å². The van der Waals surface area contributed by atoms with Crippen LogP contribution in [0.15, 0.2) is 58.4 Å². The van der Waals surface area contributed by atoms with Crippen LogP contribution in [-0.2, 0) is 19.4 Å². The topological polar surface area (TPSA) is 131 Å². The van der Waals surface area contributed by atoms with Crippen molar-refractivity contribution < 1.29 is 37.1 Å². The first-order chi connectivity index (χ1) is 14.7. The third-order valence-electron chi connectivity index (χ3n) is 5.48. The lowest BCUT2D eigenvalue weighted by Crippen LogP contribution is -2.41. The number of ether oxygens (including phenoxy) is 1. The highest BCUT2D eigenvalue weighted by molar-refractivity contribution is 7.91. The molecule has 2 aliphatic rings. The summed E-state index contributed by atoms with van der Waals surface area (Å²) in [7, 11) is -2.10. The van der Waals surface area contributed by atoms with E-state index in [1.807, 2.05) is 0 Å². The van der Waals surface area contributed by atoms with Crippen molar-refractivity contribution >= 4 is 27.5 Å². The Labute approximate surface area is 177 Å². The van der Waals surface area contributed by atoms with E-state index in [0.29, 0.717) is 5.56 Å². The number of esters is 1. The van der Waals surface area contributed by atoms with Crippen LogP contribution in [0, 0.1) is 0 Å². The Morgan fingerprint density at radius 3 is 2.45 bits per heavy atom. The standard InChI is InChI=1S/C21H19NO8S/c1-29-21(26)13-6-4-12(5-7-13)17-16(18(23)15-3-2-9-30-15)19(24)20(25)22(17)14-8-10-31(27,28)11-14/h2-7,9,14,17,24H,8,10-11H2,1H3. The highest BCUT2D eigenvalue weighted by Crippen LogP contribution is 2.42. The number of aliphatic hydroxyl groups is 1. The average molecular weight is 445 g/mol. The predicted molar refractivity (Wildman–Crippen MR) is 107 cm³/mol. The fourth-order valence-corrected chi connectivity index (χ4v) is 5.72. The third kappa shape index (κ3) is 3.63. The maximum Gasteiger partial charge on any atom is 0.337 e. The van der Waals surface area contributed by atoms with Gasteiger partial charge in [0, 0.05) is 6.04 Å². The van der Waals surface area contributed by atoms with Gasteiger partial charge in [-0.25, -0.2) is 13.2 Å². The smallest absolute Gasteiger partial charge is 0.337 e. The fourth-order valence-electron chi connectivity index (χ4n) is 4.01.